The van der Waals surface area contributed by atoms with Crippen molar-refractivity contribution in [3.8, 4) is 0 Å². The van der Waals surface area contributed by atoms with Gasteiger partial charge in [0.25, 0.3) is 11.8 Å². The van der Waals surface area contributed by atoms with Crippen LogP contribution in [-0.4, -0.2) is 47.8 Å². The van der Waals surface area contributed by atoms with E-state index in [2.05, 4.69) is 0 Å². The molecule has 0 spiro atoms. The Bertz CT molecular complexity index is 1360. The van der Waals surface area contributed by atoms with Crippen LogP contribution >= 0.6 is 0 Å². The summed E-state index contributed by atoms with van der Waals surface area (Å²) in [6, 6.07) is 17.0. The van der Waals surface area contributed by atoms with Crippen LogP contribution in [0.1, 0.15) is 20.7 Å². The minimum Gasteiger partial charge on any atom is -0.422 e. The Hall–Kier alpha value is -4.20. The maximum absolute atomic E-state index is 12.9. The molecule has 2 aromatic heterocycles. The van der Waals surface area contributed by atoms with Gasteiger partial charge in [-0.1, -0.05) is 36.4 Å². The maximum Gasteiger partial charge on any atom is 0.349 e. The summed E-state index contributed by atoms with van der Waals surface area (Å²) < 4.78 is 10.5. The van der Waals surface area contributed by atoms with Gasteiger partial charge in [0.2, 0.25) is 0 Å². The maximum atomic E-state index is 12.9. The van der Waals surface area contributed by atoms with Crippen molar-refractivity contribution in [2.75, 3.05) is 26.2 Å². The summed E-state index contributed by atoms with van der Waals surface area (Å²) in [5, 5.41) is 1.32. The van der Waals surface area contributed by atoms with E-state index in [-0.39, 0.29) is 37.3 Å². The van der Waals surface area contributed by atoms with Crippen LogP contribution in [0.5, 0.6) is 0 Å². The van der Waals surface area contributed by atoms with Gasteiger partial charge in [-0.2, -0.15) is 0 Å². The zero-order valence-electron chi connectivity index (χ0n) is 16.9. The van der Waals surface area contributed by atoms with Gasteiger partial charge in [-0.25, -0.2) is 9.59 Å². The number of hydrogen-bond acceptors (Lipinski definition) is 6. The van der Waals surface area contributed by atoms with Crippen LogP contribution in [0.25, 0.3) is 21.9 Å². The van der Waals surface area contributed by atoms with Crippen molar-refractivity contribution in [2.24, 2.45) is 0 Å². The summed E-state index contributed by atoms with van der Waals surface area (Å²) in [5.41, 5.74) is -0.642. The average molecular weight is 430 g/mol. The van der Waals surface area contributed by atoms with Crippen LogP contribution < -0.4 is 11.3 Å². The van der Waals surface area contributed by atoms with Gasteiger partial charge in [0.05, 0.1) is 0 Å². The van der Waals surface area contributed by atoms with Crippen LogP contribution in [0.15, 0.2) is 79.1 Å². The Balaban J connectivity index is 1.33. The van der Waals surface area contributed by atoms with Crippen molar-refractivity contribution < 1.29 is 18.4 Å². The van der Waals surface area contributed by atoms with Gasteiger partial charge in [-0.15, -0.1) is 0 Å². The highest BCUT2D eigenvalue weighted by Gasteiger charge is 2.28. The van der Waals surface area contributed by atoms with E-state index >= 15 is 0 Å². The molecular formula is C24H18N2O6. The monoisotopic (exact) mass is 430 g/mol. The van der Waals surface area contributed by atoms with Gasteiger partial charge >= 0.3 is 11.3 Å². The van der Waals surface area contributed by atoms with Crippen molar-refractivity contribution in [2.45, 2.75) is 0 Å². The van der Waals surface area contributed by atoms with Gasteiger partial charge in [0.15, 0.2) is 0 Å². The molecule has 3 heterocycles. The standard InChI is InChI=1S/C24H18N2O6/c27-21(17-13-15-5-1-3-7-19(15)31-23(17)29)25-9-11-26(12-10-25)22(28)18-14-16-6-2-4-8-20(16)32-24(18)30/h1-8,13-14H,9-12H2. The molecule has 0 N–H and O–H groups in total. The quantitative estimate of drug-likeness (QED) is 0.453. The van der Waals surface area contributed by atoms with E-state index in [9.17, 15) is 19.2 Å². The van der Waals surface area contributed by atoms with E-state index < -0.39 is 23.1 Å². The highest BCUT2D eigenvalue weighted by atomic mass is 16.4. The number of hydrogen-bond donors (Lipinski definition) is 0. The number of amides is 2. The molecule has 2 aromatic carbocycles. The molecule has 1 fully saturated rings. The first kappa shape index (κ1) is 19.7. The molecule has 32 heavy (non-hydrogen) atoms. The lowest BCUT2D eigenvalue weighted by atomic mass is 10.1. The lowest BCUT2D eigenvalue weighted by molar-refractivity contribution is 0.0531. The van der Waals surface area contributed by atoms with Crippen molar-refractivity contribution in [3.05, 3.63) is 92.6 Å². The summed E-state index contributed by atoms with van der Waals surface area (Å²) >= 11 is 0. The Labute approximate surface area is 181 Å². The number of fused-ring (bicyclic) bond motifs is 2. The number of carbonyl (C=O) groups excluding carboxylic acids is 2. The van der Waals surface area contributed by atoms with Crippen molar-refractivity contribution in [1.82, 2.24) is 9.80 Å². The first-order chi connectivity index (χ1) is 15.5. The van der Waals surface area contributed by atoms with Crippen molar-refractivity contribution >= 4 is 33.8 Å². The Morgan fingerprint density at radius 2 is 1.00 bits per heavy atom. The largest absolute Gasteiger partial charge is 0.422 e. The third-order valence-electron chi connectivity index (χ3n) is 5.60. The minimum absolute atomic E-state index is 0.0429. The molecule has 0 bridgehead atoms. The summed E-state index contributed by atoms with van der Waals surface area (Å²) in [7, 11) is 0. The molecular weight excluding hydrogens is 412 g/mol. The Morgan fingerprint density at radius 1 is 0.625 bits per heavy atom. The van der Waals surface area contributed by atoms with Crippen LogP contribution in [-0.2, 0) is 0 Å². The number of piperazine rings is 1. The molecule has 160 valence electrons. The van der Waals surface area contributed by atoms with Crippen molar-refractivity contribution in [3.63, 3.8) is 0 Å². The fourth-order valence-electron chi connectivity index (χ4n) is 3.88. The summed E-state index contributed by atoms with van der Waals surface area (Å²) in [6.07, 6.45) is 0. The predicted molar refractivity (Wildman–Crippen MR) is 117 cm³/mol. The fourth-order valence-corrected chi connectivity index (χ4v) is 3.88. The predicted octanol–water partition coefficient (Wildman–Crippen LogP) is 2.50. The molecule has 0 atom stereocenters. The second kappa shape index (κ2) is 7.81. The van der Waals surface area contributed by atoms with E-state index in [4.69, 9.17) is 8.83 Å². The average Bonchev–Trinajstić information content (AvgIpc) is 2.82. The SMILES string of the molecule is O=C(c1cc2ccccc2oc1=O)N1CCN(C(=O)c2cc3ccccc3oc2=O)CC1. The Kier molecular flexibility index (Phi) is 4.82. The topological polar surface area (TPSA) is 101 Å². The van der Waals surface area contributed by atoms with Gasteiger partial charge in [0, 0.05) is 37.0 Å². The van der Waals surface area contributed by atoms with E-state index in [1.54, 1.807) is 48.5 Å². The molecule has 2 amide bonds. The molecule has 1 saturated heterocycles. The van der Waals surface area contributed by atoms with Gasteiger partial charge < -0.3 is 18.6 Å². The van der Waals surface area contributed by atoms with Crippen LogP contribution in [0.3, 0.4) is 0 Å². The normalized spacial score (nSPS) is 14.1. The second-order valence-corrected chi connectivity index (χ2v) is 7.56. The van der Waals surface area contributed by atoms with Gasteiger partial charge in [-0.05, 0) is 24.3 Å². The molecule has 8 nitrogen and oxygen atoms in total. The van der Waals surface area contributed by atoms with E-state index in [0.717, 1.165) is 0 Å². The van der Waals surface area contributed by atoms with Crippen LogP contribution in [0.2, 0.25) is 0 Å². The third-order valence-corrected chi connectivity index (χ3v) is 5.60. The zero-order chi connectivity index (χ0) is 22.2. The lowest BCUT2D eigenvalue weighted by Gasteiger charge is -2.34. The van der Waals surface area contributed by atoms with Crippen LogP contribution in [0, 0.1) is 0 Å². The second-order valence-electron chi connectivity index (χ2n) is 7.56. The number of nitrogens with zero attached hydrogens (tertiary/aromatic N) is 2. The smallest absolute Gasteiger partial charge is 0.349 e. The number of rotatable bonds is 2. The molecule has 0 radical (unpaired) electrons. The molecule has 8 heteroatoms. The number of para-hydroxylation sites is 2. The van der Waals surface area contributed by atoms with E-state index in [0.29, 0.717) is 21.9 Å². The molecule has 0 aliphatic carbocycles. The summed E-state index contributed by atoms with van der Waals surface area (Å²) in [5.74, 6) is -0.886. The first-order valence-corrected chi connectivity index (χ1v) is 10.2. The minimum atomic E-state index is -0.694. The van der Waals surface area contributed by atoms with Crippen LogP contribution in [0.4, 0.5) is 0 Å². The fraction of sp³-hybridized carbons (Fsp3) is 0.167. The zero-order valence-corrected chi connectivity index (χ0v) is 16.9. The van der Waals surface area contributed by atoms with Gasteiger partial charge in [-0.3, -0.25) is 9.59 Å². The molecule has 1 aliphatic heterocycles. The van der Waals surface area contributed by atoms with Gasteiger partial charge in [0.1, 0.15) is 22.3 Å². The number of carbonyl (C=O) groups is 2. The highest BCUT2D eigenvalue weighted by Crippen LogP contribution is 2.17. The summed E-state index contributed by atoms with van der Waals surface area (Å²) in [6.45, 7) is 0.928. The van der Waals surface area contributed by atoms with E-state index in [1.807, 2.05) is 0 Å². The lowest BCUT2D eigenvalue weighted by Crippen LogP contribution is -2.51. The first-order valence-electron chi connectivity index (χ1n) is 10.2. The molecule has 0 unspecified atom stereocenters. The molecule has 0 saturated carbocycles. The molecule has 1 aliphatic rings. The van der Waals surface area contributed by atoms with Crippen molar-refractivity contribution in [1.29, 1.82) is 0 Å². The number of benzene rings is 2. The molecule has 5 rings (SSSR count). The Morgan fingerprint density at radius 3 is 1.41 bits per heavy atom. The third kappa shape index (κ3) is 3.45. The van der Waals surface area contributed by atoms with E-state index in [1.165, 1.54) is 21.9 Å². The highest BCUT2D eigenvalue weighted by molar-refractivity contribution is 5.98. The summed E-state index contributed by atoms with van der Waals surface area (Å²) in [4.78, 5) is 53.4. The molecule has 4 aromatic rings.